The van der Waals surface area contributed by atoms with Crippen molar-refractivity contribution in [3.05, 3.63) is 0 Å². The van der Waals surface area contributed by atoms with E-state index in [1.165, 1.54) is 19.3 Å². The maximum atomic E-state index is 9.77. The third kappa shape index (κ3) is 3.46. The minimum Gasteiger partial charge on any atom is -0.393 e. The van der Waals surface area contributed by atoms with Crippen LogP contribution in [0.4, 0.5) is 0 Å². The van der Waals surface area contributed by atoms with Crippen molar-refractivity contribution in [2.24, 2.45) is 11.3 Å². The molecule has 15 heavy (non-hydrogen) atoms. The molecular weight excluding hydrogens is 186 g/mol. The Bertz CT molecular complexity index is 189. The molecule has 0 saturated heterocycles. The lowest BCUT2D eigenvalue weighted by Crippen LogP contribution is -2.44. The van der Waals surface area contributed by atoms with E-state index < -0.39 is 0 Å². The molecule has 0 heterocycles. The van der Waals surface area contributed by atoms with E-state index in [-0.39, 0.29) is 11.5 Å². The summed E-state index contributed by atoms with van der Waals surface area (Å²) in [5, 5.41) is 13.4. The van der Waals surface area contributed by atoms with Crippen molar-refractivity contribution in [2.45, 2.75) is 65.5 Å². The van der Waals surface area contributed by atoms with E-state index in [0.29, 0.717) is 6.04 Å². The number of rotatable bonds is 7. The molecule has 0 aliphatic heterocycles. The first-order chi connectivity index (χ1) is 7.03. The lowest BCUT2D eigenvalue weighted by atomic mass is 9.82. The normalized spacial score (nSPS) is 24.6. The Morgan fingerprint density at radius 1 is 1.40 bits per heavy atom. The molecule has 1 saturated carbocycles. The van der Waals surface area contributed by atoms with E-state index in [9.17, 15) is 5.11 Å². The first-order valence-corrected chi connectivity index (χ1v) is 6.45. The average Bonchev–Trinajstić information content (AvgIpc) is 3.02. The van der Waals surface area contributed by atoms with Crippen LogP contribution in [-0.2, 0) is 0 Å². The van der Waals surface area contributed by atoms with E-state index >= 15 is 0 Å². The van der Waals surface area contributed by atoms with Gasteiger partial charge in [-0.25, -0.2) is 0 Å². The van der Waals surface area contributed by atoms with Crippen molar-refractivity contribution in [1.29, 1.82) is 0 Å². The topological polar surface area (TPSA) is 32.3 Å². The van der Waals surface area contributed by atoms with Gasteiger partial charge in [-0.2, -0.15) is 0 Å². The smallest absolute Gasteiger partial charge is 0.0577 e. The Hall–Kier alpha value is -0.0800. The van der Waals surface area contributed by atoms with Gasteiger partial charge in [0.15, 0.2) is 0 Å². The van der Waals surface area contributed by atoms with Gasteiger partial charge in [-0.15, -0.1) is 0 Å². The van der Waals surface area contributed by atoms with Crippen LogP contribution in [0.3, 0.4) is 0 Å². The lowest BCUT2D eigenvalue weighted by Gasteiger charge is -2.33. The van der Waals surface area contributed by atoms with Gasteiger partial charge in [0.2, 0.25) is 0 Å². The molecule has 0 spiro atoms. The zero-order valence-electron chi connectivity index (χ0n) is 10.7. The SMILES string of the molecule is CCC(NCC(C)(CC)C(C)O)C1CC1. The van der Waals surface area contributed by atoms with Crippen molar-refractivity contribution in [3.8, 4) is 0 Å². The molecule has 0 aromatic rings. The second-order valence-corrected chi connectivity index (χ2v) is 5.42. The molecule has 1 aliphatic carbocycles. The third-order valence-corrected chi connectivity index (χ3v) is 4.22. The molecule has 3 atom stereocenters. The first-order valence-electron chi connectivity index (χ1n) is 6.45. The molecule has 0 bridgehead atoms. The molecule has 0 aromatic carbocycles. The molecule has 0 radical (unpaired) electrons. The Labute approximate surface area is 94.5 Å². The largest absolute Gasteiger partial charge is 0.393 e. The van der Waals surface area contributed by atoms with E-state index in [1.807, 2.05) is 6.92 Å². The molecule has 2 N–H and O–H groups in total. The molecule has 2 nitrogen and oxygen atoms in total. The van der Waals surface area contributed by atoms with Gasteiger partial charge in [0.05, 0.1) is 6.10 Å². The van der Waals surface area contributed by atoms with Crippen LogP contribution in [0.25, 0.3) is 0 Å². The van der Waals surface area contributed by atoms with Crippen LogP contribution in [-0.4, -0.2) is 23.8 Å². The monoisotopic (exact) mass is 213 g/mol. The highest BCUT2D eigenvalue weighted by molar-refractivity contribution is 4.88. The van der Waals surface area contributed by atoms with Crippen LogP contribution < -0.4 is 5.32 Å². The number of aliphatic hydroxyl groups is 1. The van der Waals surface area contributed by atoms with Gasteiger partial charge >= 0.3 is 0 Å². The summed E-state index contributed by atoms with van der Waals surface area (Å²) in [6.07, 6.45) is 4.79. The summed E-state index contributed by atoms with van der Waals surface area (Å²) in [6, 6.07) is 0.676. The van der Waals surface area contributed by atoms with Gasteiger partial charge in [-0.3, -0.25) is 0 Å². The highest BCUT2D eigenvalue weighted by atomic mass is 16.3. The van der Waals surface area contributed by atoms with Gasteiger partial charge in [-0.05, 0) is 38.5 Å². The number of aliphatic hydroxyl groups excluding tert-OH is 1. The Morgan fingerprint density at radius 2 is 2.00 bits per heavy atom. The Kier molecular flexibility index (Phi) is 4.60. The van der Waals surface area contributed by atoms with Crippen LogP contribution in [0.15, 0.2) is 0 Å². The minimum absolute atomic E-state index is 0.0301. The molecule has 1 rings (SSSR count). The maximum absolute atomic E-state index is 9.77. The zero-order valence-corrected chi connectivity index (χ0v) is 10.7. The Balaban J connectivity index is 2.38. The fraction of sp³-hybridized carbons (Fsp3) is 1.00. The van der Waals surface area contributed by atoms with Gasteiger partial charge in [0.25, 0.3) is 0 Å². The highest BCUT2D eigenvalue weighted by Gasteiger charge is 2.33. The van der Waals surface area contributed by atoms with Crippen LogP contribution >= 0.6 is 0 Å². The summed E-state index contributed by atoms with van der Waals surface area (Å²) >= 11 is 0. The van der Waals surface area contributed by atoms with Gasteiger partial charge in [0.1, 0.15) is 0 Å². The Morgan fingerprint density at radius 3 is 2.33 bits per heavy atom. The molecule has 0 aromatic heterocycles. The van der Waals surface area contributed by atoms with Crippen LogP contribution in [0.2, 0.25) is 0 Å². The standard InChI is InChI=1S/C13H27NO/c1-5-12(11-7-8-11)14-9-13(4,6-2)10(3)15/h10-12,14-15H,5-9H2,1-4H3. The second-order valence-electron chi connectivity index (χ2n) is 5.42. The van der Waals surface area contributed by atoms with Crippen LogP contribution in [0.1, 0.15) is 53.4 Å². The lowest BCUT2D eigenvalue weighted by molar-refractivity contribution is 0.0462. The zero-order chi connectivity index (χ0) is 11.5. The van der Waals surface area contributed by atoms with E-state index in [1.54, 1.807) is 0 Å². The molecule has 90 valence electrons. The molecule has 1 fully saturated rings. The van der Waals surface area contributed by atoms with Gasteiger partial charge in [-0.1, -0.05) is 20.8 Å². The number of hydrogen-bond donors (Lipinski definition) is 2. The predicted octanol–water partition coefficient (Wildman–Crippen LogP) is 2.56. The highest BCUT2D eigenvalue weighted by Crippen LogP contribution is 2.34. The summed E-state index contributed by atoms with van der Waals surface area (Å²) in [5.74, 6) is 0.908. The van der Waals surface area contributed by atoms with Crippen molar-refractivity contribution < 1.29 is 5.11 Å². The summed E-state index contributed by atoms with van der Waals surface area (Å²) in [6.45, 7) is 9.43. The fourth-order valence-corrected chi connectivity index (χ4v) is 2.08. The predicted molar refractivity (Wildman–Crippen MR) is 64.9 cm³/mol. The van der Waals surface area contributed by atoms with E-state index in [0.717, 1.165) is 18.9 Å². The summed E-state index contributed by atoms with van der Waals surface area (Å²) in [5.41, 5.74) is 0.0301. The van der Waals surface area contributed by atoms with Gasteiger partial charge in [0, 0.05) is 18.0 Å². The summed E-state index contributed by atoms with van der Waals surface area (Å²) in [4.78, 5) is 0. The summed E-state index contributed by atoms with van der Waals surface area (Å²) in [7, 11) is 0. The molecule has 1 aliphatic rings. The fourth-order valence-electron chi connectivity index (χ4n) is 2.08. The average molecular weight is 213 g/mol. The van der Waals surface area contributed by atoms with Crippen molar-refractivity contribution in [2.75, 3.05) is 6.54 Å². The van der Waals surface area contributed by atoms with E-state index in [2.05, 4.69) is 26.1 Å². The third-order valence-electron chi connectivity index (χ3n) is 4.22. The van der Waals surface area contributed by atoms with Crippen LogP contribution in [0.5, 0.6) is 0 Å². The summed E-state index contributed by atoms with van der Waals surface area (Å²) < 4.78 is 0. The first kappa shape index (κ1) is 13.0. The van der Waals surface area contributed by atoms with E-state index in [4.69, 9.17) is 0 Å². The quantitative estimate of drug-likeness (QED) is 0.681. The van der Waals surface area contributed by atoms with Gasteiger partial charge < -0.3 is 10.4 Å². The van der Waals surface area contributed by atoms with Crippen molar-refractivity contribution in [3.63, 3.8) is 0 Å². The molecule has 0 amide bonds. The molecule has 2 heteroatoms. The minimum atomic E-state index is -0.230. The van der Waals surface area contributed by atoms with Crippen LogP contribution in [0, 0.1) is 11.3 Å². The molecular formula is C13H27NO. The molecule has 3 unspecified atom stereocenters. The van der Waals surface area contributed by atoms with Crippen molar-refractivity contribution >= 4 is 0 Å². The van der Waals surface area contributed by atoms with Crippen molar-refractivity contribution in [1.82, 2.24) is 5.32 Å². The maximum Gasteiger partial charge on any atom is 0.0577 e. The number of hydrogen-bond acceptors (Lipinski definition) is 2. The second kappa shape index (κ2) is 5.31. The number of nitrogens with one attached hydrogen (secondary N) is 1.